The van der Waals surface area contributed by atoms with Crippen molar-refractivity contribution >= 4 is 44.6 Å². The van der Waals surface area contributed by atoms with E-state index in [1.165, 1.54) is 44.4 Å². The number of nitro groups is 1. The number of benzene rings is 2. The van der Waals surface area contributed by atoms with Crippen molar-refractivity contribution in [1.82, 2.24) is 0 Å². The molecular weight excluding hydrogens is 398 g/mol. The van der Waals surface area contributed by atoms with E-state index in [2.05, 4.69) is 10.0 Å². The van der Waals surface area contributed by atoms with Crippen LogP contribution >= 0.6 is 11.6 Å². The molecule has 0 aromatic heterocycles. The molecule has 0 saturated carbocycles. The van der Waals surface area contributed by atoms with Gasteiger partial charge in [-0.15, -0.1) is 0 Å². The highest BCUT2D eigenvalue weighted by Crippen LogP contribution is 2.30. The number of hydrogen-bond donors (Lipinski definition) is 2. The van der Waals surface area contributed by atoms with Gasteiger partial charge in [0.05, 0.1) is 23.5 Å². The Morgan fingerprint density at radius 2 is 1.96 bits per heavy atom. The van der Waals surface area contributed by atoms with E-state index in [0.29, 0.717) is 5.69 Å². The maximum absolute atomic E-state index is 12.3. The minimum Gasteiger partial charge on any atom is -0.494 e. The highest BCUT2D eigenvalue weighted by Gasteiger charge is 2.17. The smallest absolute Gasteiger partial charge is 0.288 e. The molecule has 0 atom stereocenters. The third kappa shape index (κ3) is 5.08. The number of methoxy groups -OCH3 is 1. The van der Waals surface area contributed by atoms with Crippen LogP contribution in [-0.4, -0.2) is 32.1 Å². The van der Waals surface area contributed by atoms with Gasteiger partial charge < -0.3 is 10.1 Å². The third-order valence-corrected chi connectivity index (χ3v) is 5.12. The van der Waals surface area contributed by atoms with Gasteiger partial charge in [0.1, 0.15) is 10.8 Å². The Balaban J connectivity index is 2.26. The molecule has 0 unspecified atom stereocenters. The Labute approximate surface area is 160 Å². The van der Waals surface area contributed by atoms with Crippen LogP contribution < -0.4 is 14.8 Å². The standard InChI is InChI=1S/C16H16ClN3O6S/c1-3-27(24,25)19-13-7-5-11(9-15(13)26-2)18-16(21)10-4-6-12(17)14(8-10)20(22)23/h4-9,19H,3H2,1-2H3,(H,18,21). The van der Waals surface area contributed by atoms with Crippen LogP contribution in [0.15, 0.2) is 36.4 Å². The van der Waals surface area contributed by atoms with E-state index in [9.17, 15) is 23.3 Å². The molecule has 0 aliphatic rings. The summed E-state index contributed by atoms with van der Waals surface area (Å²) in [5.74, 6) is -0.505. The van der Waals surface area contributed by atoms with Gasteiger partial charge in [0.15, 0.2) is 0 Å². The summed E-state index contributed by atoms with van der Waals surface area (Å²) in [6.07, 6.45) is 0. The minimum atomic E-state index is -3.49. The van der Waals surface area contributed by atoms with Crippen LogP contribution in [0.1, 0.15) is 17.3 Å². The maximum atomic E-state index is 12.3. The zero-order valence-corrected chi connectivity index (χ0v) is 15.9. The van der Waals surface area contributed by atoms with E-state index in [4.69, 9.17) is 16.3 Å². The summed E-state index contributed by atoms with van der Waals surface area (Å²) in [6.45, 7) is 1.49. The molecule has 144 valence electrons. The monoisotopic (exact) mass is 413 g/mol. The summed E-state index contributed by atoms with van der Waals surface area (Å²) in [6, 6.07) is 8.02. The number of halogens is 1. The number of carbonyl (C=O) groups is 1. The van der Waals surface area contributed by atoms with Gasteiger partial charge in [0.25, 0.3) is 11.6 Å². The van der Waals surface area contributed by atoms with Crippen LogP contribution in [0.3, 0.4) is 0 Å². The molecule has 0 aliphatic carbocycles. The first-order valence-electron chi connectivity index (χ1n) is 7.60. The predicted molar refractivity (Wildman–Crippen MR) is 102 cm³/mol. The van der Waals surface area contributed by atoms with Gasteiger partial charge in [-0.05, 0) is 31.2 Å². The third-order valence-electron chi connectivity index (χ3n) is 3.51. The predicted octanol–water partition coefficient (Wildman–Crippen LogP) is 3.27. The number of ether oxygens (including phenoxy) is 1. The molecule has 0 radical (unpaired) electrons. The molecule has 2 N–H and O–H groups in total. The zero-order valence-electron chi connectivity index (χ0n) is 14.4. The summed E-state index contributed by atoms with van der Waals surface area (Å²) in [5.41, 5.74) is 0.195. The second kappa shape index (κ2) is 8.23. The zero-order chi connectivity index (χ0) is 20.2. The first-order valence-corrected chi connectivity index (χ1v) is 9.63. The van der Waals surface area contributed by atoms with E-state index in [-0.39, 0.29) is 33.5 Å². The summed E-state index contributed by atoms with van der Waals surface area (Å²) in [7, 11) is -2.14. The number of hydrogen-bond acceptors (Lipinski definition) is 6. The fourth-order valence-electron chi connectivity index (χ4n) is 2.09. The number of amides is 1. The molecule has 11 heteroatoms. The molecule has 9 nitrogen and oxygen atoms in total. The highest BCUT2D eigenvalue weighted by molar-refractivity contribution is 7.92. The molecule has 2 rings (SSSR count). The lowest BCUT2D eigenvalue weighted by Crippen LogP contribution is -2.16. The van der Waals surface area contributed by atoms with Crippen LogP contribution in [0.4, 0.5) is 17.1 Å². The van der Waals surface area contributed by atoms with Crippen molar-refractivity contribution in [1.29, 1.82) is 0 Å². The average molecular weight is 414 g/mol. The van der Waals surface area contributed by atoms with Crippen molar-refractivity contribution in [3.63, 3.8) is 0 Å². The molecule has 1 amide bonds. The summed E-state index contributed by atoms with van der Waals surface area (Å²) < 4.78 is 30.9. The molecule has 0 aliphatic heterocycles. The van der Waals surface area contributed by atoms with Crippen LogP contribution in [0.25, 0.3) is 0 Å². The maximum Gasteiger partial charge on any atom is 0.288 e. The van der Waals surface area contributed by atoms with Gasteiger partial charge >= 0.3 is 0 Å². The van der Waals surface area contributed by atoms with Crippen LogP contribution in [0.2, 0.25) is 5.02 Å². The van der Waals surface area contributed by atoms with Crippen molar-refractivity contribution < 1.29 is 22.9 Å². The fraction of sp³-hybridized carbons (Fsp3) is 0.188. The average Bonchev–Trinajstić information content (AvgIpc) is 2.62. The number of carbonyl (C=O) groups excluding carboxylic acids is 1. The Morgan fingerprint density at radius 1 is 1.26 bits per heavy atom. The van der Waals surface area contributed by atoms with Crippen molar-refractivity contribution in [2.24, 2.45) is 0 Å². The number of nitrogens with one attached hydrogen (secondary N) is 2. The van der Waals surface area contributed by atoms with Gasteiger partial charge in [-0.25, -0.2) is 8.42 Å². The SMILES string of the molecule is CCS(=O)(=O)Nc1ccc(NC(=O)c2ccc(Cl)c([N+](=O)[O-])c2)cc1OC. The molecule has 0 saturated heterocycles. The molecule has 0 fully saturated rings. The molecular formula is C16H16ClN3O6S. The van der Waals surface area contributed by atoms with Crippen LogP contribution in [0.5, 0.6) is 5.75 Å². The molecule has 27 heavy (non-hydrogen) atoms. The highest BCUT2D eigenvalue weighted by atomic mass is 35.5. The number of nitrogens with zero attached hydrogens (tertiary/aromatic N) is 1. The largest absolute Gasteiger partial charge is 0.494 e. The van der Waals surface area contributed by atoms with Gasteiger partial charge in [0.2, 0.25) is 10.0 Å². The van der Waals surface area contributed by atoms with Crippen molar-refractivity contribution in [3.05, 3.63) is 57.1 Å². The number of rotatable bonds is 7. The summed E-state index contributed by atoms with van der Waals surface area (Å²) in [4.78, 5) is 22.6. The first kappa shape index (κ1) is 20.5. The number of anilines is 2. The molecule has 2 aromatic carbocycles. The summed E-state index contributed by atoms with van der Waals surface area (Å²) in [5, 5.41) is 13.4. The van der Waals surface area contributed by atoms with Gasteiger partial charge in [-0.1, -0.05) is 11.6 Å². The van der Waals surface area contributed by atoms with Gasteiger partial charge in [-0.3, -0.25) is 19.6 Å². The molecule has 0 heterocycles. The number of sulfonamides is 1. The van der Waals surface area contributed by atoms with Gasteiger partial charge in [0, 0.05) is 23.4 Å². The van der Waals surface area contributed by atoms with Gasteiger partial charge in [-0.2, -0.15) is 0 Å². The Kier molecular flexibility index (Phi) is 6.24. The van der Waals surface area contributed by atoms with Crippen molar-refractivity contribution in [3.8, 4) is 5.75 Å². The Hall–Kier alpha value is -2.85. The lowest BCUT2D eigenvalue weighted by atomic mass is 10.1. The quantitative estimate of drug-likeness (QED) is 0.529. The first-order chi connectivity index (χ1) is 12.7. The Morgan fingerprint density at radius 3 is 2.56 bits per heavy atom. The van der Waals surface area contributed by atoms with Crippen LogP contribution in [0, 0.1) is 10.1 Å². The fourth-order valence-corrected chi connectivity index (χ4v) is 2.92. The van der Waals surface area contributed by atoms with E-state index < -0.39 is 20.9 Å². The van der Waals surface area contributed by atoms with E-state index in [0.717, 1.165) is 6.07 Å². The molecule has 2 aromatic rings. The topological polar surface area (TPSA) is 128 Å². The Bertz CT molecular complexity index is 994. The van der Waals surface area contributed by atoms with Crippen molar-refractivity contribution in [2.45, 2.75) is 6.92 Å². The second-order valence-corrected chi connectivity index (χ2v) is 7.72. The van der Waals surface area contributed by atoms with Crippen molar-refractivity contribution in [2.75, 3.05) is 22.9 Å². The lowest BCUT2D eigenvalue weighted by Gasteiger charge is -2.13. The molecule has 0 bridgehead atoms. The lowest BCUT2D eigenvalue weighted by molar-refractivity contribution is -0.384. The number of nitro benzene ring substituents is 1. The minimum absolute atomic E-state index is 0.0424. The van der Waals surface area contributed by atoms with E-state index >= 15 is 0 Å². The van der Waals surface area contributed by atoms with E-state index in [1.807, 2.05) is 0 Å². The van der Waals surface area contributed by atoms with Crippen LogP contribution in [-0.2, 0) is 10.0 Å². The summed E-state index contributed by atoms with van der Waals surface area (Å²) >= 11 is 5.73. The second-order valence-electron chi connectivity index (χ2n) is 5.30. The van der Waals surface area contributed by atoms with E-state index in [1.54, 1.807) is 0 Å². The normalized spacial score (nSPS) is 10.9. The molecule has 0 spiro atoms.